The fraction of sp³-hybridized carbons (Fsp3) is 0.257. The first-order valence-corrected chi connectivity index (χ1v) is 14.4. The van der Waals surface area contributed by atoms with Crippen molar-refractivity contribution in [1.82, 2.24) is 25.6 Å². The Morgan fingerprint density at radius 3 is 2.37 bits per heavy atom. The SMILES string of the molecule is C=C/C=C\CCC.CC.c1cc(CCc2cccc(OCc3ccc4ccccc4n3)c2)cc(Cc2nn[nH]n2)c1. The molecule has 5 aromatic rings. The van der Waals surface area contributed by atoms with E-state index in [9.17, 15) is 0 Å². The van der Waals surface area contributed by atoms with E-state index in [1.54, 1.807) is 6.08 Å². The predicted molar refractivity (Wildman–Crippen MR) is 169 cm³/mol. The highest BCUT2D eigenvalue weighted by Gasteiger charge is 2.04. The molecule has 41 heavy (non-hydrogen) atoms. The first-order valence-electron chi connectivity index (χ1n) is 14.4. The molecule has 2 heterocycles. The number of benzene rings is 3. The van der Waals surface area contributed by atoms with Crippen molar-refractivity contribution in [2.45, 2.75) is 59.5 Å². The number of aromatic nitrogens is 5. The summed E-state index contributed by atoms with van der Waals surface area (Å²) in [4.78, 5) is 4.68. The zero-order valence-corrected chi connectivity index (χ0v) is 24.5. The lowest BCUT2D eigenvalue weighted by atomic mass is 10.0. The van der Waals surface area contributed by atoms with E-state index >= 15 is 0 Å². The van der Waals surface area contributed by atoms with E-state index in [2.05, 4.69) is 93.7 Å². The van der Waals surface area contributed by atoms with Gasteiger partial charge in [0.25, 0.3) is 0 Å². The van der Waals surface area contributed by atoms with E-state index < -0.39 is 0 Å². The molecule has 0 saturated carbocycles. The number of ether oxygens (including phenoxy) is 1. The summed E-state index contributed by atoms with van der Waals surface area (Å²) in [7, 11) is 0. The van der Waals surface area contributed by atoms with Crippen molar-refractivity contribution in [1.29, 1.82) is 0 Å². The van der Waals surface area contributed by atoms with Crippen LogP contribution in [0.15, 0.2) is 110 Å². The summed E-state index contributed by atoms with van der Waals surface area (Å²) in [5.41, 5.74) is 5.63. The van der Waals surface area contributed by atoms with Crippen molar-refractivity contribution in [2.24, 2.45) is 0 Å². The van der Waals surface area contributed by atoms with Crippen LogP contribution in [0.25, 0.3) is 10.9 Å². The highest BCUT2D eigenvalue weighted by molar-refractivity contribution is 5.78. The molecular formula is C35H41N5O. The van der Waals surface area contributed by atoms with Crippen molar-refractivity contribution in [2.75, 3.05) is 0 Å². The van der Waals surface area contributed by atoms with Gasteiger partial charge in [0.1, 0.15) is 12.4 Å². The molecule has 3 aromatic carbocycles. The monoisotopic (exact) mass is 547 g/mol. The molecule has 2 aromatic heterocycles. The lowest BCUT2D eigenvalue weighted by Crippen LogP contribution is -1.99. The molecule has 5 rings (SSSR count). The molecule has 0 radical (unpaired) electrons. The van der Waals surface area contributed by atoms with E-state index in [0.29, 0.717) is 18.9 Å². The third-order valence-corrected chi connectivity index (χ3v) is 6.11. The lowest BCUT2D eigenvalue weighted by molar-refractivity contribution is 0.301. The van der Waals surface area contributed by atoms with Gasteiger partial charge in [-0.2, -0.15) is 5.21 Å². The maximum absolute atomic E-state index is 6.03. The van der Waals surface area contributed by atoms with E-state index in [1.807, 2.05) is 56.3 Å². The van der Waals surface area contributed by atoms with Crippen LogP contribution in [0.5, 0.6) is 5.75 Å². The van der Waals surface area contributed by atoms with Gasteiger partial charge in [-0.1, -0.05) is 118 Å². The van der Waals surface area contributed by atoms with Gasteiger partial charge in [0, 0.05) is 11.8 Å². The van der Waals surface area contributed by atoms with Gasteiger partial charge in [0.15, 0.2) is 5.82 Å². The fourth-order valence-corrected chi connectivity index (χ4v) is 4.12. The zero-order valence-electron chi connectivity index (χ0n) is 24.5. The second-order valence-corrected chi connectivity index (χ2v) is 9.21. The minimum absolute atomic E-state index is 0.451. The van der Waals surface area contributed by atoms with Crippen molar-refractivity contribution >= 4 is 10.9 Å². The van der Waals surface area contributed by atoms with Gasteiger partial charge in [0.05, 0.1) is 11.2 Å². The fourth-order valence-electron chi connectivity index (χ4n) is 4.12. The second-order valence-electron chi connectivity index (χ2n) is 9.21. The van der Waals surface area contributed by atoms with Crippen molar-refractivity contribution in [3.05, 3.63) is 138 Å². The highest BCUT2D eigenvalue weighted by Crippen LogP contribution is 2.18. The number of unbranched alkanes of at least 4 members (excludes halogenated alkanes) is 1. The smallest absolute Gasteiger partial charge is 0.178 e. The maximum Gasteiger partial charge on any atom is 0.178 e. The summed E-state index contributed by atoms with van der Waals surface area (Å²) in [6.45, 7) is 10.2. The van der Waals surface area contributed by atoms with Gasteiger partial charge >= 0.3 is 0 Å². The summed E-state index contributed by atoms with van der Waals surface area (Å²) in [5, 5.41) is 15.3. The molecule has 0 bridgehead atoms. The van der Waals surface area contributed by atoms with E-state index in [0.717, 1.165) is 35.2 Å². The summed E-state index contributed by atoms with van der Waals surface area (Å²) in [6.07, 6.45) is 10.9. The molecule has 0 amide bonds. The molecule has 0 spiro atoms. The maximum atomic E-state index is 6.03. The molecule has 6 nitrogen and oxygen atoms in total. The number of aromatic amines is 1. The van der Waals surface area contributed by atoms with Gasteiger partial charge in [-0.15, -0.1) is 10.2 Å². The topological polar surface area (TPSA) is 76.6 Å². The number of allylic oxidation sites excluding steroid dienone is 3. The minimum atomic E-state index is 0.451. The van der Waals surface area contributed by atoms with Crippen molar-refractivity contribution in [3.63, 3.8) is 0 Å². The van der Waals surface area contributed by atoms with Crippen LogP contribution < -0.4 is 4.74 Å². The Hall–Kier alpha value is -4.58. The number of fused-ring (bicyclic) bond motifs is 1. The summed E-state index contributed by atoms with van der Waals surface area (Å²) >= 11 is 0. The first kappa shape index (κ1) is 31.0. The van der Waals surface area contributed by atoms with Crippen LogP contribution in [0.4, 0.5) is 0 Å². The number of hydrogen-bond donors (Lipinski definition) is 1. The average Bonchev–Trinajstić information content (AvgIpc) is 3.54. The quantitative estimate of drug-likeness (QED) is 0.168. The molecule has 1 N–H and O–H groups in total. The van der Waals surface area contributed by atoms with Crippen LogP contribution in [0.2, 0.25) is 0 Å². The molecule has 0 fully saturated rings. The van der Waals surface area contributed by atoms with Crippen LogP contribution >= 0.6 is 0 Å². The van der Waals surface area contributed by atoms with E-state index in [1.165, 1.54) is 29.5 Å². The number of hydrogen-bond acceptors (Lipinski definition) is 5. The molecule has 0 atom stereocenters. The lowest BCUT2D eigenvalue weighted by Gasteiger charge is -2.09. The number of nitrogens with zero attached hydrogens (tertiary/aromatic N) is 4. The molecule has 0 saturated heterocycles. The van der Waals surface area contributed by atoms with Gasteiger partial charge in [-0.05, 0) is 60.2 Å². The Bertz CT molecular complexity index is 1480. The number of para-hydroxylation sites is 1. The van der Waals surface area contributed by atoms with Crippen LogP contribution in [-0.2, 0) is 25.9 Å². The van der Waals surface area contributed by atoms with Gasteiger partial charge in [-0.25, -0.2) is 4.98 Å². The number of nitrogens with one attached hydrogen (secondary N) is 1. The Morgan fingerprint density at radius 2 is 1.61 bits per heavy atom. The third kappa shape index (κ3) is 10.8. The van der Waals surface area contributed by atoms with Gasteiger partial charge < -0.3 is 4.74 Å². The summed E-state index contributed by atoms with van der Waals surface area (Å²) in [5.74, 6) is 1.57. The standard InChI is InChI=1S/C26H23N5O.C7H12.C2H6/c1-2-10-25-22(8-1)13-14-23(27-25)18-32-24-9-4-6-20(16-24)12-11-19-5-3-7-21(15-19)17-26-28-30-31-29-26;1-3-5-7-6-4-2;1-2/h1-10,13-16H,11-12,17-18H2,(H,28,29,30,31);3,5,7H,1,4,6H2,2H3;1-2H3/b;7-5-;. The minimum Gasteiger partial charge on any atom is -0.487 e. The predicted octanol–water partition coefficient (Wildman–Crippen LogP) is 8.26. The zero-order chi connectivity index (χ0) is 29.1. The second kappa shape index (κ2) is 17.9. The normalized spacial score (nSPS) is 10.4. The Labute approximate surface area is 244 Å². The van der Waals surface area contributed by atoms with Crippen molar-refractivity contribution in [3.8, 4) is 5.75 Å². The van der Waals surface area contributed by atoms with Gasteiger partial charge in [-0.3, -0.25) is 0 Å². The molecule has 0 aliphatic carbocycles. The molecular weight excluding hydrogens is 506 g/mol. The molecule has 0 unspecified atom stereocenters. The first-order chi connectivity index (χ1) is 20.2. The summed E-state index contributed by atoms with van der Waals surface area (Å²) in [6, 6.07) is 29.1. The molecule has 6 heteroatoms. The number of pyridine rings is 1. The van der Waals surface area contributed by atoms with Gasteiger partial charge in [0.2, 0.25) is 0 Å². The summed E-state index contributed by atoms with van der Waals surface area (Å²) < 4.78 is 6.03. The third-order valence-electron chi connectivity index (χ3n) is 6.11. The number of aryl methyl sites for hydroxylation is 2. The van der Waals surface area contributed by atoms with E-state index in [4.69, 9.17) is 4.74 Å². The Balaban J connectivity index is 0.000000452. The van der Waals surface area contributed by atoms with Crippen LogP contribution in [0, 0.1) is 0 Å². The number of tetrazole rings is 1. The van der Waals surface area contributed by atoms with Crippen LogP contribution in [0.1, 0.15) is 61.8 Å². The largest absolute Gasteiger partial charge is 0.487 e. The molecule has 0 aliphatic heterocycles. The molecule has 0 aliphatic rings. The average molecular weight is 548 g/mol. The van der Waals surface area contributed by atoms with E-state index in [-0.39, 0.29) is 0 Å². The van der Waals surface area contributed by atoms with Crippen LogP contribution in [0.3, 0.4) is 0 Å². The highest BCUT2D eigenvalue weighted by atomic mass is 16.5. The van der Waals surface area contributed by atoms with Crippen LogP contribution in [-0.4, -0.2) is 25.6 Å². The Kier molecular flexibility index (Phi) is 13.5. The number of H-pyrrole nitrogens is 1. The molecule has 212 valence electrons. The Morgan fingerprint density at radius 1 is 0.854 bits per heavy atom. The number of rotatable bonds is 11. The van der Waals surface area contributed by atoms with Crippen molar-refractivity contribution < 1.29 is 4.74 Å².